The SMILES string of the molecule is O=C(CSc1nc2ccsc2c(=O)n1-c1ccccc1F)N1CCCc2ccccc21. The van der Waals surface area contributed by atoms with E-state index in [1.54, 1.807) is 34.5 Å². The average molecular weight is 452 g/mol. The van der Waals surface area contributed by atoms with Crippen LogP contribution in [0.1, 0.15) is 12.0 Å². The van der Waals surface area contributed by atoms with Crippen LogP contribution in [-0.4, -0.2) is 27.8 Å². The van der Waals surface area contributed by atoms with Crippen molar-refractivity contribution >= 4 is 44.9 Å². The molecule has 0 N–H and O–H groups in total. The Morgan fingerprint density at radius 2 is 1.87 bits per heavy atom. The number of thiophene rings is 1. The molecule has 0 aliphatic carbocycles. The maximum absolute atomic E-state index is 14.5. The minimum Gasteiger partial charge on any atom is -0.311 e. The Kier molecular flexibility index (Phi) is 5.33. The highest BCUT2D eigenvalue weighted by atomic mass is 32.2. The molecular formula is C23H18FN3O2S2. The summed E-state index contributed by atoms with van der Waals surface area (Å²) in [7, 11) is 0. The second-order valence-electron chi connectivity index (χ2n) is 7.19. The van der Waals surface area contributed by atoms with Crippen molar-refractivity contribution in [2.45, 2.75) is 18.0 Å². The van der Waals surface area contributed by atoms with Gasteiger partial charge in [0.15, 0.2) is 5.16 Å². The van der Waals surface area contributed by atoms with Crippen molar-refractivity contribution in [2.24, 2.45) is 0 Å². The molecule has 156 valence electrons. The van der Waals surface area contributed by atoms with E-state index in [2.05, 4.69) is 4.98 Å². The van der Waals surface area contributed by atoms with Crippen LogP contribution in [0, 0.1) is 5.82 Å². The smallest absolute Gasteiger partial charge is 0.276 e. The van der Waals surface area contributed by atoms with E-state index < -0.39 is 5.82 Å². The number of carbonyl (C=O) groups excluding carboxylic acids is 1. The van der Waals surface area contributed by atoms with E-state index in [9.17, 15) is 14.0 Å². The second-order valence-corrected chi connectivity index (χ2v) is 9.05. The monoisotopic (exact) mass is 451 g/mol. The molecule has 0 atom stereocenters. The molecule has 3 heterocycles. The lowest BCUT2D eigenvalue weighted by molar-refractivity contribution is -0.116. The predicted octanol–water partition coefficient (Wildman–Crippen LogP) is 4.66. The zero-order valence-electron chi connectivity index (χ0n) is 16.5. The zero-order chi connectivity index (χ0) is 21.4. The van der Waals surface area contributed by atoms with Crippen LogP contribution in [-0.2, 0) is 11.2 Å². The van der Waals surface area contributed by atoms with Gasteiger partial charge in [-0.15, -0.1) is 11.3 Å². The van der Waals surface area contributed by atoms with Crippen LogP contribution in [0.15, 0.2) is 69.9 Å². The molecule has 0 unspecified atom stereocenters. The molecule has 4 aromatic rings. The first-order valence-corrected chi connectivity index (χ1v) is 11.8. The molecule has 2 aromatic heterocycles. The number of nitrogens with zero attached hydrogens (tertiary/aromatic N) is 3. The number of aromatic nitrogens is 2. The number of thioether (sulfide) groups is 1. The summed E-state index contributed by atoms with van der Waals surface area (Å²) in [4.78, 5) is 32.6. The van der Waals surface area contributed by atoms with Crippen molar-refractivity contribution in [1.82, 2.24) is 9.55 Å². The molecule has 0 saturated heterocycles. The highest BCUT2D eigenvalue weighted by Gasteiger charge is 2.24. The lowest BCUT2D eigenvalue weighted by Crippen LogP contribution is -2.36. The van der Waals surface area contributed by atoms with Crippen LogP contribution in [0.4, 0.5) is 10.1 Å². The van der Waals surface area contributed by atoms with Crippen molar-refractivity contribution < 1.29 is 9.18 Å². The Morgan fingerprint density at radius 1 is 1.10 bits per heavy atom. The summed E-state index contributed by atoms with van der Waals surface area (Å²) in [5.74, 6) is -0.470. The number of para-hydroxylation sites is 2. The summed E-state index contributed by atoms with van der Waals surface area (Å²) in [6.07, 6.45) is 1.86. The number of benzene rings is 2. The molecule has 0 fully saturated rings. The second kappa shape index (κ2) is 8.28. The van der Waals surface area contributed by atoms with E-state index >= 15 is 0 Å². The number of carbonyl (C=O) groups is 1. The quantitative estimate of drug-likeness (QED) is 0.335. The van der Waals surface area contributed by atoms with E-state index in [4.69, 9.17) is 0 Å². The number of halogens is 1. The molecule has 8 heteroatoms. The average Bonchev–Trinajstić information content (AvgIpc) is 3.27. The van der Waals surface area contributed by atoms with Crippen LogP contribution in [0.2, 0.25) is 0 Å². The highest BCUT2D eigenvalue weighted by molar-refractivity contribution is 7.99. The third kappa shape index (κ3) is 3.66. The summed E-state index contributed by atoms with van der Waals surface area (Å²) in [6, 6.07) is 15.8. The Bertz CT molecular complexity index is 1350. The van der Waals surface area contributed by atoms with Gasteiger partial charge >= 0.3 is 0 Å². The summed E-state index contributed by atoms with van der Waals surface area (Å²) in [5.41, 5.74) is 2.46. The Hall–Kier alpha value is -2.97. The number of hydrogen-bond donors (Lipinski definition) is 0. The molecule has 0 spiro atoms. The molecular weight excluding hydrogens is 433 g/mol. The van der Waals surface area contributed by atoms with Crippen molar-refractivity contribution in [3.8, 4) is 5.69 Å². The maximum Gasteiger partial charge on any atom is 0.276 e. The fraction of sp³-hybridized carbons (Fsp3) is 0.174. The molecule has 31 heavy (non-hydrogen) atoms. The molecule has 1 aliphatic heterocycles. The number of hydrogen-bond acceptors (Lipinski definition) is 5. The van der Waals surface area contributed by atoms with Gasteiger partial charge in [-0.1, -0.05) is 42.1 Å². The topological polar surface area (TPSA) is 55.2 Å². The largest absolute Gasteiger partial charge is 0.311 e. The molecule has 5 nitrogen and oxygen atoms in total. The standard InChI is InChI=1S/C23H18FN3O2S2/c24-16-8-2-4-10-19(16)27-22(29)21-17(11-13-30-21)25-23(27)31-14-20(28)26-12-5-7-15-6-1-3-9-18(15)26/h1-4,6,8-11,13H,5,7,12,14H2. The molecule has 0 bridgehead atoms. The molecule has 2 aromatic carbocycles. The number of aryl methyl sites for hydroxylation is 1. The Morgan fingerprint density at radius 3 is 2.71 bits per heavy atom. The van der Waals surface area contributed by atoms with E-state index in [-0.39, 0.29) is 22.9 Å². The van der Waals surface area contributed by atoms with Crippen LogP contribution in [0.25, 0.3) is 15.9 Å². The Balaban J connectivity index is 1.50. The summed E-state index contributed by atoms with van der Waals surface area (Å²) >= 11 is 2.43. The number of fused-ring (bicyclic) bond motifs is 2. The Labute approximate surface area is 186 Å². The molecule has 1 amide bonds. The molecule has 0 radical (unpaired) electrons. The van der Waals surface area contributed by atoms with Crippen molar-refractivity contribution in [3.05, 3.63) is 81.7 Å². The van der Waals surface area contributed by atoms with Crippen molar-refractivity contribution in [3.63, 3.8) is 0 Å². The van der Waals surface area contributed by atoms with E-state index in [1.807, 2.05) is 24.3 Å². The molecule has 0 saturated carbocycles. The lowest BCUT2D eigenvalue weighted by Gasteiger charge is -2.29. The van der Waals surface area contributed by atoms with Gasteiger partial charge in [0.05, 0.1) is 17.0 Å². The fourth-order valence-electron chi connectivity index (χ4n) is 3.83. The highest BCUT2D eigenvalue weighted by Crippen LogP contribution is 2.29. The molecule has 5 rings (SSSR count). The first-order chi connectivity index (χ1) is 15.1. The number of rotatable bonds is 4. The van der Waals surface area contributed by atoms with Gasteiger partial charge < -0.3 is 4.90 Å². The van der Waals surface area contributed by atoms with Crippen molar-refractivity contribution in [2.75, 3.05) is 17.2 Å². The van der Waals surface area contributed by atoms with Gasteiger partial charge in [-0.05, 0) is 48.1 Å². The van der Waals surface area contributed by atoms with Gasteiger partial charge in [-0.3, -0.25) is 14.2 Å². The normalized spacial score (nSPS) is 13.4. The lowest BCUT2D eigenvalue weighted by atomic mass is 10.0. The van der Waals surface area contributed by atoms with Crippen LogP contribution in [0.3, 0.4) is 0 Å². The third-order valence-corrected chi connectivity index (χ3v) is 7.09. The van der Waals surface area contributed by atoms with Crippen LogP contribution < -0.4 is 10.5 Å². The van der Waals surface area contributed by atoms with Gasteiger partial charge in [0.1, 0.15) is 10.5 Å². The zero-order valence-corrected chi connectivity index (χ0v) is 18.1. The minimum absolute atomic E-state index is 0.0584. The molecule has 1 aliphatic rings. The third-order valence-electron chi connectivity index (χ3n) is 5.28. The number of anilines is 1. The minimum atomic E-state index is -0.513. The van der Waals surface area contributed by atoms with Crippen molar-refractivity contribution in [1.29, 1.82) is 0 Å². The summed E-state index contributed by atoms with van der Waals surface area (Å²) in [5, 5.41) is 2.09. The number of amides is 1. The van der Waals surface area contributed by atoms with E-state index in [0.29, 0.717) is 21.9 Å². The summed E-state index contributed by atoms with van der Waals surface area (Å²) in [6.45, 7) is 0.660. The first kappa shape index (κ1) is 20.0. The summed E-state index contributed by atoms with van der Waals surface area (Å²) < 4.78 is 16.3. The fourth-order valence-corrected chi connectivity index (χ4v) is 5.47. The van der Waals surface area contributed by atoms with Gasteiger partial charge in [0, 0.05) is 12.2 Å². The van der Waals surface area contributed by atoms with Gasteiger partial charge in [-0.2, -0.15) is 0 Å². The first-order valence-electron chi connectivity index (χ1n) is 9.90. The van der Waals surface area contributed by atoms with Gasteiger partial charge in [0.25, 0.3) is 5.56 Å². The van der Waals surface area contributed by atoms with E-state index in [0.717, 1.165) is 35.9 Å². The van der Waals surface area contributed by atoms with E-state index in [1.165, 1.54) is 22.0 Å². The predicted molar refractivity (Wildman–Crippen MR) is 123 cm³/mol. The maximum atomic E-state index is 14.5. The van der Waals surface area contributed by atoms with Gasteiger partial charge in [-0.25, -0.2) is 9.37 Å². The van der Waals surface area contributed by atoms with Gasteiger partial charge in [0.2, 0.25) is 5.91 Å². The van der Waals surface area contributed by atoms with Crippen LogP contribution >= 0.6 is 23.1 Å². The van der Waals surface area contributed by atoms with Crippen LogP contribution in [0.5, 0.6) is 0 Å².